The van der Waals surface area contributed by atoms with E-state index in [1.165, 1.54) is 0 Å². The first kappa shape index (κ1) is 21.2. The molecule has 174 valence electrons. The molecule has 0 fully saturated rings. The molecule has 3 aliphatic heterocycles. The Morgan fingerprint density at radius 3 is 2.66 bits per heavy atom. The van der Waals surface area contributed by atoms with Crippen LogP contribution in [-0.4, -0.2) is 38.7 Å². The van der Waals surface area contributed by atoms with Crippen LogP contribution in [0.4, 0.5) is 5.69 Å². The zero-order valence-corrected chi connectivity index (χ0v) is 19.5. The van der Waals surface area contributed by atoms with Crippen LogP contribution in [0.5, 0.6) is 0 Å². The van der Waals surface area contributed by atoms with Crippen LogP contribution in [0.2, 0.25) is 0 Å². The number of hydrogen-bond acceptors (Lipinski definition) is 6. The van der Waals surface area contributed by atoms with Crippen molar-refractivity contribution in [3.63, 3.8) is 0 Å². The van der Waals surface area contributed by atoms with Crippen LogP contribution in [0, 0.1) is 5.92 Å². The molecule has 2 atom stereocenters. The van der Waals surface area contributed by atoms with Crippen LogP contribution in [0.25, 0.3) is 11.2 Å². The fraction of sp³-hybridized carbons (Fsp3) is 0.222. The molecule has 2 unspecified atom stereocenters. The lowest BCUT2D eigenvalue weighted by molar-refractivity contribution is -0.124. The predicted molar refractivity (Wildman–Crippen MR) is 132 cm³/mol. The van der Waals surface area contributed by atoms with Crippen molar-refractivity contribution in [1.29, 1.82) is 0 Å². The topological polar surface area (TPSA) is 96.1 Å². The standard InChI is InChI=1S/C27H23N5O3/c1-14(2)25(33)23-15(3)16-7-6-8-17-22(28-10-12-32(23)24(16)17)21-20(26(34)30-27(21)35)18-13-29-19-9-4-5-11-31(18)19/h4-15,23H,1-3H3,(H,30,34,35). The number of nitrogens with zero attached hydrogens (tertiary/aromatic N) is 4. The molecule has 3 aromatic rings. The number of nitrogens with one attached hydrogen (secondary N) is 1. The Morgan fingerprint density at radius 2 is 1.86 bits per heavy atom. The Morgan fingerprint density at radius 1 is 1.06 bits per heavy atom. The normalized spacial score (nSPS) is 21.0. The van der Waals surface area contributed by atoms with Crippen LogP contribution < -0.4 is 10.2 Å². The molecule has 8 nitrogen and oxygen atoms in total. The molecular formula is C27H23N5O3. The Balaban J connectivity index is 1.58. The average Bonchev–Trinajstić information content (AvgIpc) is 3.43. The van der Waals surface area contributed by atoms with Gasteiger partial charge in [-0.25, -0.2) is 4.98 Å². The molecule has 0 saturated heterocycles. The summed E-state index contributed by atoms with van der Waals surface area (Å²) < 4.78 is 1.78. The van der Waals surface area contributed by atoms with E-state index in [9.17, 15) is 14.4 Å². The summed E-state index contributed by atoms with van der Waals surface area (Å²) >= 11 is 0. The lowest BCUT2D eigenvalue weighted by Gasteiger charge is -2.26. The van der Waals surface area contributed by atoms with Crippen molar-refractivity contribution in [2.75, 3.05) is 4.90 Å². The number of para-hydroxylation sites is 1. The van der Waals surface area contributed by atoms with Crippen molar-refractivity contribution in [3.8, 4) is 0 Å². The molecule has 0 aliphatic carbocycles. The SMILES string of the molecule is CC(C)C(=O)C1C(C)c2cccc3c2N1C=CN=C3C1=C(c2cnc3ccccn23)C(=O)NC1=O. The number of carbonyl (C=O) groups excluding carboxylic acids is 3. The van der Waals surface area contributed by atoms with Crippen molar-refractivity contribution >= 4 is 40.2 Å². The third kappa shape index (κ3) is 2.96. The number of amides is 2. The van der Waals surface area contributed by atoms with Gasteiger partial charge >= 0.3 is 0 Å². The highest BCUT2D eigenvalue weighted by Gasteiger charge is 2.44. The molecular weight excluding hydrogens is 442 g/mol. The lowest BCUT2D eigenvalue weighted by atomic mass is 9.88. The van der Waals surface area contributed by atoms with E-state index in [1.54, 1.807) is 29.2 Å². The van der Waals surface area contributed by atoms with Gasteiger partial charge in [0, 0.05) is 36.0 Å². The summed E-state index contributed by atoms with van der Waals surface area (Å²) in [6.07, 6.45) is 6.80. The average molecular weight is 466 g/mol. The fourth-order valence-corrected chi connectivity index (χ4v) is 5.34. The van der Waals surface area contributed by atoms with Gasteiger partial charge in [0.2, 0.25) is 0 Å². The number of hydrogen-bond donors (Lipinski definition) is 1. The number of ketones is 1. The highest BCUT2D eigenvalue weighted by molar-refractivity contribution is 6.47. The molecule has 3 aliphatic rings. The Kier molecular flexibility index (Phi) is 4.60. The minimum absolute atomic E-state index is 0.0323. The van der Waals surface area contributed by atoms with E-state index in [1.807, 2.05) is 55.1 Å². The van der Waals surface area contributed by atoms with Gasteiger partial charge in [0.25, 0.3) is 11.8 Å². The molecule has 0 spiro atoms. The third-order valence-corrected chi connectivity index (χ3v) is 6.98. The van der Waals surface area contributed by atoms with Crippen LogP contribution in [0.1, 0.15) is 43.5 Å². The first-order chi connectivity index (χ1) is 16.9. The fourth-order valence-electron chi connectivity index (χ4n) is 5.34. The van der Waals surface area contributed by atoms with E-state index in [0.29, 0.717) is 22.6 Å². The van der Waals surface area contributed by atoms with Crippen LogP contribution in [0.3, 0.4) is 0 Å². The maximum Gasteiger partial charge on any atom is 0.261 e. The number of aliphatic imine (C=N–C) groups is 1. The molecule has 0 saturated carbocycles. The number of rotatable bonds is 4. The largest absolute Gasteiger partial charge is 0.335 e. The van der Waals surface area contributed by atoms with Gasteiger partial charge in [0.15, 0.2) is 5.78 Å². The van der Waals surface area contributed by atoms with E-state index in [0.717, 1.165) is 11.3 Å². The zero-order chi connectivity index (χ0) is 24.4. The molecule has 2 aromatic heterocycles. The van der Waals surface area contributed by atoms with E-state index in [-0.39, 0.29) is 34.8 Å². The number of imide groups is 1. The highest BCUT2D eigenvalue weighted by atomic mass is 16.2. The number of Topliss-reactive ketones (excluding diaryl/α,β-unsaturated/α-hetero) is 1. The first-order valence-electron chi connectivity index (χ1n) is 11.6. The number of carbonyl (C=O) groups is 3. The van der Waals surface area contributed by atoms with Gasteiger partial charge in [-0.15, -0.1) is 0 Å². The van der Waals surface area contributed by atoms with Gasteiger partial charge in [0.1, 0.15) is 5.65 Å². The molecule has 5 heterocycles. The van der Waals surface area contributed by atoms with E-state index in [2.05, 4.69) is 22.2 Å². The molecule has 35 heavy (non-hydrogen) atoms. The number of fused-ring (bicyclic) bond motifs is 1. The molecule has 1 aromatic carbocycles. The van der Waals surface area contributed by atoms with Gasteiger partial charge in [-0.3, -0.25) is 29.1 Å². The van der Waals surface area contributed by atoms with Gasteiger partial charge in [0.05, 0.1) is 40.5 Å². The van der Waals surface area contributed by atoms with E-state index >= 15 is 0 Å². The first-order valence-corrected chi connectivity index (χ1v) is 11.6. The summed E-state index contributed by atoms with van der Waals surface area (Å²) in [5.74, 6) is -1.01. The molecule has 8 heteroatoms. The third-order valence-electron chi connectivity index (χ3n) is 6.98. The highest BCUT2D eigenvalue weighted by Crippen LogP contribution is 2.46. The van der Waals surface area contributed by atoms with Crippen LogP contribution in [0.15, 0.2) is 71.8 Å². The smallest absolute Gasteiger partial charge is 0.261 e. The maximum absolute atomic E-state index is 13.2. The maximum atomic E-state index is 13.2. The van der Waals surface area contributed by atoms with Gasteiger partial charge in [-0.1, -0.05) is 45.0 Å². The summed E-state index contributed by atoms with van der Waals surface area (Å²) in [4.78, 5) is 50.4. The minimum atomic E-state index is -0.505. The summed E-state index contributed by atoms with van der Waals surface area (Å²) in [7, 11) is 0. The van der Waals surface area contributed by atoms with E-state index < -0.39 is 11.8 Å². The number of imidazole rings is 1. The number of benzene rings is 1. The number of aromatic nitrogens is 2. The summed E-state index contributed by atoms with van der Waals surface area (Å²) in [5, 5.41) is 2.44. The second-order valence-corrected chi connectivity index (χ2v) is 9.32. The van der Waals surface area contributed by atoms with Crippen LogP contribution >= 0.6 is 0 Å². The van der Waals surface area contributed by atoms with Crippen molar-refractivity contribution in [1.82, 2.24) is 14.7 Å². The Hall–Kier alpha value is -4.33. The predicted octanol–water partition coefficient (Wildman–Crippen LogP) is 3.24. The van der Waals surface area contributed by atoms with Crippen molar-refractivity contribution in [2.24, 2.45) is 10.9 Å². The van der Waals surface area contributed by atoms with Gasteiger partial charge in [-0.2, -0.15) is 0 Å². The molecule has 0 radical (unpaired) electrons. The van der Waals surface area contributed by atoms with Gasteiger partial charge < -0.3 is 4.90 Å². The summed E-state index contributed by atoms with van der Waals surface area (Å²) in [5.41, 5.74) is 4.59. The second kappa shape index (κ2) is 7.59. The Bertz CT molecular complexity index is 1540. The zero-order valence-electron chi connectivity index (χ0n) is 19.5. The second-order valence-electron chi connectivity index (χ2n) is 9.32. The Labute approximate surface area is 201 Å². The monoisotopic (exact) mass is 465 g/mol. The molecule has 1 N–H and O–H groups in total. The molecule has 2 amide bonds. The molecule has 6 rings (SSSR count). The summed E-state index contributed by atoms with van der Waals surface area (Å²) in [6, 6.07) is 11.0. The number of anilines is 1. The number of pyridine rings is 1. The lowest BCUT2D eigenvalue weighted by Crippen LogP contribution is -2.39. The van der Waals surface area contributed by atoms with Crippen LogP contribution in [-0.2, 0) is 14.4 Å². The van der Waals surface area contributed by atoms with Gasteiger partial charge in [-0.05, 0) is 17.7 Å². The minimum Gasteiger partial charge on any atom is -0.335 e. The van der Waals surface area contributed by atoms with Crippen molar-refractivity contribution in [2.45, 2.75) is 32.7 Å². The van der Waals surface area contributed by atoms with E-state index in [4.69, 9.17) is 0 Å². The quantitative estimate of drug-likeness (QED) is 0.597. The van der Waals surface area contributed by atoms with Crippen molar-refractivity contribution < 1.29 is 14.4 Å². The molecule has 0 bridgehead atoms. The summed E-state index contributed by atoms with van der Waals surface area (Å²) in [6.45, 7) is 5.86. The van der Waals surface area contributed by atoms with Crippen molar-refractivity contribution in [3.05, 3.63) is 83.6 Å².